The van der Waals surface area contributed by atoms with Crippen LogP contribution in [0.25, 0.3) is 0 Å². The van der Waals surface area contributed by atoms with Gasteiger partial charge in [0.2, 0.25) is 0 Å². The first-order valence-corrected chi connectivity index (χ1v) is 14.2. The zero-order valence-electron chi connectivity index (χ0n) is 18.5. The van der Waals surface area contributed by atoms with Gasteiger partial charge in [-0.25, -0.2) is 0 Å². The van der Waals surface area contributed by atoms with Crippen LogP contribution in [0.2, 0.25) is 0 Å². The van der Waals surface area contributed by atoms with E-state index in [0.717, 1.165) is 6.42 Å². The summed E-state index contributed by atoms with van der Waals surface area (Å²) in [5.74, 6) is 0. The number of benzene rings is 2. The molecule has 154 valence electrons. The SMILES string of the molecule is CP(C(C)(C)C)C1(CCCCP(c2ccccc2)c2ccccc2)C=CCC=C1. The van der Waals surface area contributed by atoms with Crippen molar-refractivity contribution in [3.05, 3.63) is 85.0 Å². The first kappa shape index (κ1) is 22.5. The van der Waals surface area contributed by atoms with Gasteiger partial charge in [0.05, 0.1) is 0 Å². The van der Waals surface area contributed by atoms with E-state index < -0.39 is 0 Å². The summed E-state index contributed by atoms with van der Waals surface area (Å²) in [6, 6.07) is 22.3. The second kappa shape index (κ2) is 10.2. The Labute approximate surface area is 181 Å². The highest BCUT2D eigenvalue weighted by Gasteiger charge is 2.37. The number of hydrogen-bond acceptors (Lipinski definition) is 0. The normalized spacial score (nSPS) is 16.9. The maximum Gasteiger partial charge on any atom is 0.0264 e. The van der Waals surface area contributed by atoms with E-state index in [9.17, 15) is 0 Å². The monoisotopic (exact) mass is 422 g/mol. The number of rotatable bonds is 8. The molecule has 0 aliphatic heterocycles. The maximum absolute atomic E-state index is 2.54. The van der Waals surface area contributed by atoms with Crippen LogP contribution in [0.5, 0.6) is 0 Å². The average molecular weight is 423 g/mol. The van der Waals surface area contributed by atoms with E-state index in [1.165, 1.54) is 36.0 Å². The lowest BCUT2D eigenvalue weighted by Crippen LogP contribution is -2.30. The van der Waals surface area contributed by atoms with Crippen molar-refractivity contribution in [2.24, 2.45) is 0 Å². The average Bonchev–Trinajstić information content (AvgIpc) is 2.74. The fourth-order valence-electron chi connectivity index (χ4n) is 4.16. The predicted molar refractivity (Wildman–Crippen MR) is 136 cm³/mol. The van der Waals surface area contributed by atoms with Crippen molar-refractivity contribution >= 4 is 26.5 Å². The lowest BCUT2D eigenvalue weighted by atomic mass is 9.96. The molecule has 2 aromatic rings. The van der Waals surface area contributed by atoms with Crippen molar-refractivity contribution in [3.8, 4) is 0 Å². The van der Waals surface area contributed by atoms with Crippen LogP contribution in [0.3, 0.4) is 0 Å². The molecular formula is C27H36P2. The Morgan fingerprint density at radius 1 is 0.793 bits per heavy atom. The Morgan fingerprint density at radius 2 is 1.31 bits per heavy atom. The Hall–Kier alpha value is -1.22. The van der Waals surface area contributed by atoms with Gasteiger partial charge in [-0.2, -0.15) is 0 Å². The van der Waals surface area contributed by atoms with E-state index in [2.05, 4.69) is 112 Å². The molecule has 1 aliphatic carbocycles. The van der Waals surface area contributed by atoms with Crippen LogP contribution >= 0.6 is 15.8 Å². The lowest BCUT2D eigenvalue weighted by molar-refractivity contribution is 0.646. The number of hydrogen-bond donors (Lipinski definition) is 0. The molecule has 3 rings (SSSR count). The van der Waals surface area contributed by atoms with E-state index in [4.69, 9.17) is 0 Å². The third-order valence-electron chi connectivity index (χ3n) is 6.06. The predicted octanol–water partition coefficient (Wildman–Crippen LogP) is 7.45. The van der Waals surface area contributed by atoms with Gasteiger partial charge in [-0.1, -0.05) is 120 Å². The molecule has 0 nitrogen and oxygen atoms in total. The van der Waals surface area contributed by atoms with Crippen LogP contribution in [0.4, 0.5) is 0 Å². The summed E-state index contributed by atoms with van der Waals surface area (Å²) in [7, 11) is -0.377. The van der Waals surface area contributed by atoms with Crippen LogP contribution in [-0.2, 0) is 0 Å². The Balaban J connectivity index is 1.68. The maximum atomic E-state index is 2.54. The zero-order chi connectivity index (χ0) is 20.7. The number of allylic oxidation sites excluding steroid dienone is 4. The van der Waals surface area contributed by atoms with E-state index >= 15 is 0 Å². The van der Waals surface area contributed by atoms with Gasteiger partial charge in [0.15, 0.2) is 0 Å². The molecule has 0 saturated heterocycles. The summed E-state index contributed by atoms with van der Waals surface area (Å²) >= 11 is 0. The van der Waals surface area contributed by atoms with Crippen LogP contribution in [0.15, 0.2) is 85.0 Å². The minimum atomic E-state index is -0.265. The van der Waals surface area contributed by atoms with Crippen molar-refractivity contribution < 1.29 is 0 Å². The molecule has 29 heavy (non-hydrogen) atoms. The molecule has 0 radical (unpaired) electrons. The van der Waals surface area contributed by atoms with Gasteiger partial charge in [-0.15, -0.1) is 0 Å². The highest BCUT2D eigenvalue weighted by molar-refractivity contribution is 7.73. The van der Waals surface area contributed by atoms with E-state index in [1.807, 2.05) is 0 Å². The summed E-state index contributed by atoms with van der Waals surface area (Å²) in [6.45, 7) is 9.76. The highest BCUT2D eigenvalue weighted by atomic mass is 31.1. The van der Waals surface area contributed by atoms with E-state index in [-0.39, 0.29) is 21.0 Å². The third-order valence-corrected chi connectivity index (χ3v) is 12.5. The van der Waals surface area contributed by atoms with Crippen molar-refractivity contribution in [2.75, 3.05) is 12.8 Å². The third kappa shape index (κ3) is 5.90. The first-order valence-electron chi connectivity index (χ1n) is 10.9. The molecule has 2 aromatic carbocycles. The second-order valence-electron chi connectivity index (χ2n) is 9.04. The fraction of sp³-hybridized carbons (Fsp3) is 0.407. The minimum Gasteiger partial charge on any atom is -0.0900 e. The molecular weight excluding hydrogens is 386 g/mol. The summed E-state index contributed by atoms with van der Waals surface area (Å²) in [6.07, 6.45) is 16.1. The van der Waals surface area contributed by atoms with Crippen LogP contribution < -0.4 is 10.6 Å². The molecule has 0 amide bonds. The van der Waals surface area contributed by atoms with Gasteiger partial charge < -0.3 is 0 Å². The van der Waals surface area contributed by atoms with Crippen molar-refractivity contribution in [1.29, 1.82) is 0 Å². The van der Waals surface area contributed by atoms with Gasteiger partial charge in [-0.3, -0.25) is 0 Å². The molecule has 0 aromatic heterocycles. The molecule has 0 heterocycles. The minimum absolute atomic E-state index is 0.112. The van der Waals surface area contributed by atoms with Crippen molar-refractivity contribution in [3.63, 3.8) is 0 Å². The highest BCUT2D eigenvalue weighted by Crippen LogP contribution is 2.60. The van der Waals surface area contributed by atoms with Gasteiger partial charge in [-0.05, 0) is 55.8 Å². The standard InChI is InChI=1S/C27H36P2/c1-26(2,3)28(4)27(20-12-7-13-21-27)22-14-15-23-29(24-16-8-5-9-17-24)25-18-10-6-11-19-25/h5-6,8-13,16-21H,7,14-15,22-23H2,1-4H3. The molecule has 0 bridgehead atoms. The molecule has 0 N–H and O–H groups in total. The molecule has 0 spiro atoms. The van der Waals surface area contributed by atoms with Gasteiger partial charge in [0.1, 0.15) is 0 Å². The topological polar surface area (TPSA) is 0 Å². The summed E-state index contributed by atoms with van der Waals surface area (Å²) in [5, 5.41) is 3.68. The second-order valence-corrected chi connectivity index (χ2v) is 14.7. The van der Waals surface area contributed by atoms with E-state index in [1.54, 1.807) is 0 Å². The smallest absolute Gasteiger partial charge is 0.0264 e. The van der Waals surface area contributed by atoms with Gasteiger partial charge >= 0.3 is 0 Å². The Morgan fingerprint density at radius 3 is 1.79 bits per heavy atom. The van der Waals surface area contributed by atoms with Crippen molar-refractivity contribution in [1.82, 2.24) is 0 Å². The van der Waals surface area contributed by atoms with Crippen LogP contribution in [-0.4, -0.2) is 23.1 Å². The Bertz CT molecular complexity index is 748. The Kier molecular flexibility index (Phi) is 7.90. The summed E-state index contributed by atoms with van der Waals surface area (Å²) < 4.78 is 0. The zero-order valence-corrected chi connectivity index (χ0v) is 20.3. The van der Waals surface area contributed by atoms with Crippen LogP contribution in [0, 0.1) is 0 Å². The molecule has 1 aliphatic rings. The fourth-order valence-corrected chi connectivity index (χ4v) is 8.98. The molecule has 0 fully saturated rings. The van der Waals surface area contributed by atoms with Crippen LogP contribution in [0.1, 0.15) is 46.5 Å². The van der Waals surface area contributed by atoms with Gasteiger partial charge in [0, 0.05) is 5.16 Å². The summed E-state index contributed by atoms with van der Waals surface area (Å²) in [4.78, 5) is 0. The van der Waals surface area contributed by atoms with Gasteiger partial charge in [0.25, 0.3) is 0 Å². The molecule has 0 saturated carbocycles. The van der Waals surface area contributed by atoms with Crippen molar-refractivity contribution in [2.45, 2.75) is 56.8 Å². The molecule has 1 unspecified atom stereocenters. The molecule has 2 heteroatoms. The quantitative estimate of drug-likeness (QED) is 0.235. The number of unbranched alkanes of at least 4 members (excludes halogenated alkanes) is 1. The summed E-state index contributed by atoms with van der Waals surface area (Å²) in [5.41, 5.74) is 0. The molecule has 1 atom stereocenters. The lowest BCUT2D eigenvalue weighted by Gasteiger charge is -2.43. The van der Waals surface area contributed by atoms with E-state index in [0.29, 0.717) is 5.16 Å². The largest absolute Gasteiger partial charge is 0.0900 e. The first-order chi connectivity index (χ1) is 13.9.